The van der Waals surface area contributed by atoms with Gasteiger partial charge in [-0.25, -0.2) is 14.5 Å². The number of carbonyl (C=O) groups excluding carboxylic acids is 1. The van der Waals surface area contributed by atoms with Crippen LogP contribution in [0.5, 0.6) is 5.75 Å². The Kier molecular flexibility index (Phi) is 4.78. The second-order valence-corrected chi connectivity index (χ2v) is 7.56. The van der Waals surface area contributed by atoms with Gasteiger partial charge in [0.15, 0.2) is 11.5 Å². The van der Waals surface area contributed by atoms with Crippen molar-refractivity contribution in [3.8, 4) is 11.6 Å². The van der Waals surface area contributed by atoms with Gasteiger partial charge in [-0.2, -0.15) is 18.3 Å². The Morgan fingerprint density at radius 3 is 2.50 bits per heavy atom. The number of rotatable bonds is 5. The van der Waals surface area contributed by atoms with Gasteiger partial charge < -0.3 is 14.7 Å². The SMILES string of the molecule is COc1ccc(CN2C(=O)c3cccc4c(-n5ncc(C(=O)O)c5C(F)(F)F)ncc2c34)cc1. The zero-order valence-corrected chi connectivity index (χ0v) is 17.5. The Balaban J connectivity index is 1.65. The van der Waals surface area contributed by atoms with Gasteiger partial charge in [0, 0.05) is 10.8 Å². The molecule has 0 bridgehead atoms. The minimum atomic E-state index is -5.00. The highest BCUT2D eigenvalue weighted by Crippen LogP contribution is 2.41. The summed E-state index contributed by atoms with van der Waals surface area (Å²) in [6, 6.07) is 11.8. The quantitative estimate of drug-likeness (QED) is 0.469. The zero-order valence-electron chi connectivity index (χ0n) is 17.5. The summed E-state index contributed by atoms with van der Waals surface area (Å²) in [6.45, 7) is 0.215. The molecule has 8 nitrogen and oxygen atoms in total. The predicted octanol–water partition coefficient (Wildman–Crippen LogP) is 4.31. The van der Waals surface area contributed by atoms with Crippen molar-refractivity contribution in [1.82, 2.24) is 14.8 Å². The molecule has 0 fully saturated rings. The summed E-state index contributed by atoms with van der Waals surface area (Å²) in [5.74, 6) is -1.64. The highest BCUT2D eigenvalue weighted by atomic mass is 19.4. The molecule has 2 aromatic heterocycles. The maximum atomic E-state index is 13.8. The molecule has 0 atom stereocenters. The van der Waals surface area contributed by atoms with Crippen LogP contribution in [0.4, 0.5) is 18.9 Å². The average molecular weight is 468 g/mol. The van der Waals surface area contributed by atoms with E-state index >= 15 is 0 Å². The maximum Gasteiger partial charge on any atom is 0.434 e. The first-order valence-corrected chi connectivity index (χ1v) is 9.96. The second kappa shape index (κ2) is 7.58. The van der Waals surface area contributed by atoms with Crippen LogP contribution < -0.4 is 9.64 Å². The molecule has 0 aliphatic carbocycles. The van der Waals surface area contributed by atoms with E-state index in [0.29, 0.717) is 33.3 Å². The first kappa shape index (κ1) is 21.4. The molecule has 0 saturated carbocycles. The van der Waals surface area contributed by atoms with Crippen molar-refractivity contribution in [1.29, 1.82) is 0 Å². The van der Waals surface area contributed by atoms with E-state index in [9.17, 15) is 27.9 Å². The van der Waals surface area contributed by atoms with Crippen LogP contribution in [-0.2, 0) is 12.7 Å². The lowest BCUT2D eigenvalue weighted by Gasteiger charge is -2.18. The number of benzene rings is 2. The summed E-state index contributed by atoms with van der Waals surface area (Å²) >= 11 is 0. The van der Waals surface area contributed by atoms with Gasteiger partial charge in [-0.3, -0.25) is 4.79 Å². The van der Waals surface area contributed by atoms with Crippen molar-refractivity contribution in [2.24, 2.45) is 0 Å². The number of nitrogens with zero attached hydrogens (tertiary/aromatic N) is 4. The summed E-state index contributed by atoms with van der Waals surface area (Å²) in [6.07, 6.45) is -3.06. The normalized spacial score (nSPS) is 13.1. The molecule has 2 aromatic carbocycles. The van der Waals surface area contributed by atoms with Crippen LogP contribution >= 0.6 is 0 Å². The van der Waals surface area contributed by atoms with Gasteiger partial charge in [0.1, 0.15) is 11.3 Å². The standard InChI is InChI=1S/C23H15F3N4O4/c1-34-13-7-5-12(6-8-13)11-29-17-10-27-20(14-3-2-4-15(18(14)17)21(29)31)30-19(23(24,25)26)16(9-28-30)22(32)33/h2-10H,11H2,1H3,(H,32,33). The molecule has 1 N–H and O–H groups in total. The van der Waals surface area contributed by atoms with E-state index in [4.69, 9.17) is 4.74 Å². The van der Waals surface area contributed by atoms with Crippen LogP contribution in [0.3, 0.4) is 0 Å². The molecule has 5 rings (SSSR count). The number of carbonyl (C=O) groups is 2. The number of halogens is 3. The molecule has 1 aliphatic heterocycles. The maximum absolute atomic E-state index is 13.8. The number of alkyl halides is 3. The first-order chi connectivity index (χ1) is 16.2. The van der Waals surface area contributed by atoms with E-state index in [1.165, 1.54) is 23.2 Å². The molecule has 172 valence electrons. The van der Waals surface area contributed by atoms with Crippen molar-refractivity contribution < 1.29 is 32.6 Å². The lowest BCUT2D eigenvalue weighted by atomic mass is 10.1. The molecule has 0 spiro atoms. The summed E-state index contributed by atoms with van der Waals surface area (Å²) < 4.78 is 46.9. The molecular formula is C23H15F3N4O4. The van der Waals surface area contributed by atoms with Crippen LogP contribution in [-0.4, -0.2) is 38.9 Å². The molecule has 3 heterocycles. The smallest absolute Gasteiger partial charge is 0.434 e. The fourth-order valence-electron chi connectivity index (χ4n) is 4.09. The second-order valence-electron chi connectivity index (χ2n) is 7.56. The summed E-state index contributed by atoms with van der Waals surface area (Å²) in [5, 5.41) is 13.5. The van der Waals surface area contributed by atoms with Gasteiger partial charge >= 0.3 is 12.1 Å². The summed E-state index contributed by atoms with van der Waals surface area (Å²) in [4.78, 5) is 30.2. The Bertz CT molecular complexity index is 1460. The van der Waals surface area contributed by atoms with E-state index in [2.05, 4.69) is 10.1 Å². The predicted molar refractivity (Wildman–Crippen MR) is 114 cm³/mol. The molecule has 4 aromatic rings. The Hall–Kier alpha value is -4.41. The number of amides is 1. The zero-order chi connectivity index (χ0) is 24.2. The molecule has 34 heavy (non-hydrogen) atoms. The monoisotopic (exact) mass is 468 g/mol. The van der Waals surface area contributed by atoms with E-state index in [1.54, 1.807) is 37.4 Å². The number of aromatic carboxylic acids is 1. The van der Waals surface area contributed by atoms with Gasteiger partial charge in [0.05, 0.1) is 37.3 Å². The van der Waals surface area contributed by atoms with Crippen LogP contribution in [0.15, 0.2) is 54.9 Å². The van der Waals surface area contributed by atoms with Gasteiger partial charge in [-0.05, 0) is 23.8 Å². The van der Waals surface area contributed by atoms with Crippen molar-refractivity contribution >= 4 is 28.3 Å². The topological polar surface area (TPSA) is 97.6 Å². The van der Waals surface area contributed by atoms with E-state index in [1.807, 2.05) is 0 Å². The van der Waals surface area contributed by atoms with Crippen molar-refractivity contribution in [3.05, 3.63) is 77.2 Å². The molecule has 1 aliphatic rings. The molecule has 1 amide bonds. The number of ether oxygens (including phenoxy) is 1. The Labute approximate surface area is 189 Å². The number of hydrogen-bond donors (Lipinski definition) is 1. The number of hydrogen-bond acceptors (Lipinski definition) is 5. The van der Waals surface area contributed by atoms with Crippen molar-refractivity contribution in [2.45, 2.75) is 12.7 Å². The Morgan fingerprint density at radius 2 is 1.85 bits per heavy atom. The molecular weight excluding hydrogens is 453 g/mol. The summed E-state index contributed by atoms with van der Waals surface area (Å²) in [5.41, 5.74) is -0.878. The van der Waals surface area contributed by atoms with Gasteiger partial charge in [-0.1, -0.05) is 24.3 Å². The Morgan fingerprint density at radius 1 is 1.12 bits per heavy atom. The van der Waals surface area contributed by atoms with Crippen LogP contribution in [0, 0.1) is 0 Å². The average Bonchev–Trinajstić information content (AvgIpc) is 3.37. The van der Waals surface area contributed by atoms with Gasteiger partial charge in [-0.15, -0.1) is 0 Å². The fourth-order valence-corrected chi connectivity index (χ4v) is 4.09. The lowest BCUT2D eigenvalue weighted by Crippen LogP contribution is -2.26. The minimum absolute atomic E-state index is 0.215. The van der Waals surface area contributed by atoms with Gasteiger partial charge in [0.2, 0.25) is 0 Å². The first-order valence-electron chi connectivity index (χ1n) is 9.96. The van der Waals surface area contributed by atoms with E-state index in [0.717, 1.165) is 5.56 Å². The van der Waals surface area contributed by atoms with Crippen LogP contribution in [0.2, 0.25) is 0 Å². The minimum Gasteiger partial charge on any atom is -0.497 e. The van der Waals surface area contributed by atoms with E-state index in [-0.39, 0.29) is 23.7 Å². The van der Waals surface area contributed by atoms with Gasteiger partial charge in [0.25, 0.3) is 5.91 Å². The third kappa shape index (κ3) is 3.24. The lowest BCUT2D eigenvalue weighted by molar-refractivity contribution is -0.143. The van der Waals surface area contributed by atoms with Crippen molar-refractivity contribution in [2.75, 3.05) is 12.0 Å². The van der Waals surface area contributed by atoms with Crippen LogP contribution in [0.1, 0.15) is 32.0 Å². The highest BCUT2D eigenvalue weighted by molar-refractivity contribution is 6.25. The highest BCUT2D eigenvalue weighted by Gasteiger charge is 2.42. The largest absolute Gasteiger partial charge is 0.497 e. The van der Waals surface area contributed by atoms with Crippen LogP contribution in [0.25, 0.3) is 16.6 Å². The number of carboxylic acids is 1. The number of pyridine rings is 1. The molecule has 0 unspecified atom stereocenters. The molecule has 0 saturated heterocycles. The molecule has 0 radical (unpaired) electrons. The number of carboxylic acid groups (broad SMARTS) is 1. The fraction of sp³-hybridized carbons (Fsp3) is 0.130. The summed E-state index contributed by atoms with van der Waals surface area (Å²) in [7, 11) is 1.54. The number of anilines is 1. The van der Waals surface area contributed by atoms with Crippen molar-refractivity contribution in [3.63, 3.8) is 0 Å². The number of methoxy groups -OCH3 is 1. The number of aromatic nitrogens is 3. The third-order valence-corrected chi connectivity index (χ3v) is 5.61. The molecule has 11 heteroatoms. The van der Waals surface area contributed by atoms with E-state index < -0.39 is 23.4 Å². The third-order valence-electron chi connectivity index (χ3n) is 5.61.